The van der Waals surface area contributed by atoms with Gasteiger partial charge in [0.15, 0.2) is 5.78 Å². The average molecular weight is 326 g/mol. The van der Waals surface area contributed by atoms with Crippen LogP contribution in [0.4, 0.5) is 0 Å². The second kappa shape index (κ2) is 6.51. The maximum Gasteiger partial charge on any atom is 0.268 e. The van der Waals surface area contributed by atoms with Gasteiger partial charge in [-0.1, -0.05) is 18.2 Å². The van der Waals surface area contributed by atoms with Gasteiger partial charge in [0.05, 0.1) is 13.2 Å². The minimum absolute atomic E-state index is 0.127. The lowest BCUT2D eigenvalue weighted by Gasteiger charge is -2.17. The first-order valence-electron chi connectivity index (χ1n) is 8.21. The van der Waals surface area contributed by atoms with Gasteiger partial charge in [0.1, 0.15) is 11.4 Å². The zero-order chi connectivity index (χ0) is 17.3. The zero-order valence-electron chi connectivity index (χ0n) is 14.2. The topological polar surface area (TPSA) is 71.2 Å². The molecule has 1 aromatic carbocycles. The molecule has 1 aliphatic carbocycles. The molecule has 2 N–H and O–H groups in total. The summed E-state index contributed by atoms with van der Waals surface area (Å²) in [5.41, 5.74) is 3.74. The number of hydrogen-bond donors (Lipinski definition) is 2. The smallest absolute Gasteiger partial charge is 0.268 e. The fourth-order valence-corrected chi connectivity index (χ4v) is 3.37. The van der Waals surface area contributed by atoms with Crippen LogP contribution in [0.25, 0.3) is 0 Å². The number of ether oxygens (including phenoxy) is 1. The third-order valence-electron chi connectivity index (χ3n) is 4.62. The first kappa shape index (κ1) is 16.3. The van der Waals surface area contributed by atoms with Crippen molar-refractivity contribution in [2.24, 2.45) is 0 Å². The highest BCUT2D eigenvalue weighted by molar-refractivity contribution is 6.04. The summed E-state index contributed by atoms with van der Waals surface area (Å²) in [6.45, 7) is 3.75. The van der Waals surface area contributed by atoms with Crippen LogP contribution in [-0.4, -0.2) is 23.8 Å². The lowest BCUT2D eigenvalue weighted by atomic mass is 9.94. The molecular weight excluding hydrogens is 304 g/mol. The molecule has 0 spiro atoms. The molecule has 0 bridgehead atoms. The highest BCUT2D eigenvalue weighted by atomic mass is 16.5. The van der Waals surface area contributed by atoms with Gasteiger partial charge < -0.3 is 15.0 Å². The molecule has 1 heterocycles. The van der Waals surface area contributed by atoms with E-state index >= 15 is 0 Å². The average Bonchev–Trinajstić information content (AvgIpc) is 2.93. The number of nitrogens with one attached hydrogen (secondary N) is 2. The summed E-state index contributed by atoms with van der Waals surface area (Å²) in [4.78, 5) is 27.9. The molecule has 3 rings (SSSR count). The third kappa shape index (κ3) is 2.82. The van der Waals surface area contributed by atoms with Crippen LogP contribution in [0.15, 0.2) is 24.3 Å². The summed E-state index contributed by atoms with van der Waals surface area (Å²) in [6, 6.07) is 7.41. The number of fused-ring (bicyclic) bond motifs is 1. The Morgan fingerprint density at radius 2 is 2.04 bits per heavy atom. The van der Waals surface area contributed by atoms with Crippen molar-refractivity contribution in [2.45, 2.75) is 39.2 Å². The molecule has 5 nitrogen and oxygen atoms in total. The number of aromatic nitrogens is 1. The second-order valence-electron chi connectivity index (χ2n) is 6.19. The number of amides is 1. The second-order valence-corrected chi connectivity index (χ2v) is 6.19. The Kier molecular flexibility index (Phi) is 4.42. The molecule has 126 valence electrons. The van der Waals surface area contributed by atoms with E-state index in [4.69, 9.17) is 4.74 Å². The molecule has 0 saturated carbocycles. The molecule has 1 aliphatic rings. The van der Waals surface area contributed by atoms with Gasteiger partial charge in [0.25, 0.3) is 5.91 Å². The van der Waals surface area contributed by atoms with Crippen LogP contribution in [0.5, 0.6) is 5.75 Å². The molecule has 0 radical (unpaired) electrons. The van der Waals surface area contributed by atoms with Crippen molar-refractivity contribution in [1.82, 2.24) is 10.3 Å². The highest BCUT2D eigenvalue weighted by Gasteiger charge is 2.27. The quantitative estimate of drug-likeness (QED) is 0.905. The molecule has 5 heteroatoms. The number of aromatic amines is 1. The van der Waals surface area contributed by atoms with Crippen LogP contribution < -0.4 is 10.1 Å². The summed E-state index contributed by atoms with van der Waals surface area (Å²) in [6.07, 6.45) is 2.21. The van der Waals surface area contributed by atoms with Gasteiger partial charge in [-0.25, -0.2) is 0 Å². The lowest BCUT2D eigenvalue weighted by molar-refractivity contribution is 0.0933. The summed E-state index contributed by atoms with van der Waals surface area (Å²) in [5, 5.41) is 2.99. The van der Waals surface area contributed by atoms with Gasteiger partial charge in [-0.15, -0.1) is 0 Å². The molecule has 0 aliphatic heterocycles. The number of carbonyl (C=O) groups excluding carboxylic acids is 2. The molecule has 1 atom stereocenters. The van der Waals surface area contributed by atoms with E-state index in [2.05, 4.69) is 10.3 Å². The molecule has 0 fully saturated rings. The summed E-state index contributed by atoms with van der Waals surface area (Å²) in [5.74, 6) is 0.665. The number of para-hydroxylation sites is 1. The zero-order valence-corrected chi connectivity index (χ0v) is 14.2. The summed E-state index contributed by atoms with van der Waals surface area (Å²) in [7, 11) is 1.61. The van der Waals surface area contributed by atoms with E-state index < -0.39 is 0 Å². The van der Waals surface area contributed by atoms with Gasteiger partial charge in [-0.3, -0.25) is 9.59 Å². The van der Waals surface area contributed by atoms with Crippen molar-refractivity contribution in [3.05, 3.63) is 52.3 Å². The largest absolute Gasteiger partial charge is 0.496 e. The van der Waals surface area contributed by atoms with Gasteiger partial charge in [-0.05, 0) is 38.3 Å². The van der Waals surface area contributed by atoms with E-state index in [1.807, 2.05) is 38.1 Å². The van der Waals surface area contributed by atoms with Crippen LogP contribution in [-0.2, 0) is 6.42 Å². The standard InChI is InChI=1S/C19H22N2O3/c1-11-17-14(8-6-9-15(17)22)21-18(11)19(23)20-12(2)13-7-4-5-10-16(13)24-3/h4-5,7,10,12,21H,6,8-9H2,1-3H3,(H,20,23). The van der Waals surface area contributed by atoms with Crippen LogP contribution in [0.1, 0.15) is 63.5 Å². The van der Waals surface area contributed by atoms with Crippen molar-refractivity contribution < 1.29 is 14.3 Å². The highest BCUT2D eigenvalue weighted by Crippen LogP contribution is 2.28. The van der Waals surface area contributed by atoms with Crippen molar-refractivity contribution in [3.8, 4) is 5.75 Å². The minimum Gasteiger partial charge on any atom is -0.496 e. The molecule has 1 aromatic heterocycles. The van der Waals surface area contributed by atoms with E-state index in [9.17, 15) is 9.59 Å². The van der Waals surface area contributed by atoms with Crippen molar-refractivity contribution >= 4 is 11.7 Å². The third-order valence-corrected chi connectivity index (χ3v) is 4.62. The molecule has 1 amide bonds. The van der Waals surface area contributed by atoms with Gasteiger partial charge in [-0.2, -0.15) is 0 Å². The fraction of sp³-hybridized carbons (Fsp3) is 0.368. The fourth-order valence-electron chi connectivity index (χ4n) is 3.37. The molecule has 2 aromatic rings. The number of Topliss-reactive ketones (excluding diaryl/α,β-unsaturated/α-hetero) is 1. The minimum atomic E-state index is -0.205. The number of ketones is 1. The van der Waals surface area contributed by atoms with Crippen molar-refractivity contribution in [2.75, 3.05) is 7.11 Å². The van der Waals surface area contributed by atoms with E-state index in [1.54, 1.807) is 7.11 Å². The van der Waals surface area contributed by atoms with E-state index in [0.29, 0.717) is 17.7 Å². The number of hydrogen-bond acceptors (Lipinski definition) is 3. The monoisotopic (exact) mass is 326 g/mol. The molecule has 0 saturated heterocycles. The number of benzene rings is 1. The van der Waals surface area contributed by atoms with Crippen LogP contribution >= 0.6 is 0 Å². The van der Waals surface area contributed by atoms with Crippen molar-refractivity contribution in [1.29, 1.82) is 0 Å². The maximum atomic E-state index is 12.7. The maximum absolute atomic E-state index is 12.7. The van der Waals surface area contributed by atoms with E-state index in [0.717, 1.165) is 35.4 Å². The van der Waals surface area contributed by atoms with Crippen molar-refractivity contribution in [3.63, 3.8) is 0 Å². The molecule has 1 unspecified atom stereocenters. The van der Waals surface area contributed by atoms with Crippen LogP contribution in [0.2, 0.25) is 0 Å². The predicted molar refractivity (Wildman–Crippen MR) is 91.7 cm³/mol. The normalized spacial score (nSPS) is 14.9. The molecule has 24 heavy (non-hydrogen) atoms. The van der Waals surface area contributed by atoms with Gasteiger partial charge in [0.2, 0.25) is 0 Å². The predicted octanol–water partition coefficient (Wildman–Crippen LogP) is 3.34. The Morgan fingerprint density at radius 1 is 1.29 bits per heavy atom. The Labute approximate surface area is 141 Å². The lowest BCUT2D eigenvalue weighted by Crippen LogP contribution is -2.27. The van der Waals surface area contributed by atoms with E-state index in [1.165, 1.54) is 0 Å². The van der Waals surface area contributed by atoms with Crippen LogP contribution in [0.3, 0.4) is 0 Å². The van der Waals surface area contributed by atoms with Crippen LogP contribution in [0, 0.1) is 6.92 Å². The molecular formula is C19H22N2O3. The Morgan fingerprint density at radius 3 is 2.75 bits per heavy atom. The Balaban J connectivity index is 1.84. The first-order chi connectivity index (χ1) is 11.5. The Hall–Kier alpha value is -2.56. The number of aryl methyl sites for hydroxylation is 1. The van der Waals surface area contributed by atoms with Gasteiger partial charge in [0, 0.05) is 23.2 Å². The first-order valence-corrected chi connectivity index (χ1v) is 8.21. The number of H-pyrrole nitrogens is 1. The number of carbonyl (C=O) groups is 2. The Bertz CT molecular complexity index is 792. The summed E-state index contributed by atoms with van der Waals surface area (Å²) >= 11 is 0. The van der Waals surface area contributed by atoms with Gasteiger partial charge >= 0.3 is 0 Å². The number of methoxy groups -OCH3 is 1. The summed E-state index contributed by atoms with van der Waals surface area (Å²) < 4.78 is 5.35. The van der Waals surface area contributed by atoms with E-state index in [-0.39, 0.29) is 17.7 Å². The number of rotatable bonds is 4. The SMILES string of the molecule is COc1ccccc1C(C)NC(=O)c1[nH]c2c(c1C)C(=O)CCC2.